The van der Waals surface area contributed by atoms with Crippen molar-refractivity contribution < 1.29 is 0 Å². The summed E-state index contributed by atoms with van der Waals surface area (Å²) in [5.74, 6) is 3.26. The van der Waals surface area contributed by atoms with Gasteiger partial charge in [0.2, 0.25) is 5.95 Å². The van der Waals surface area contributed by atoms with Crippen LogP contribution in [0.25, 0.3) is 0 Å². The van der Waals surface area contributed by atoms with Crippen molar-refractivity contribution >= 4 is 5.95 Å². The van der Waals surface area contributed by atoms with Gasteiger partial charge < -0.3 is 37.2 Å². The van der Waals surface area contributed by atoms with Crippen molar-refractivity contribution in [1.29, 1.82) is 0 Å². The number of hydrogen-bond donors (Lipinski definition) is 7. The molecule has 1 aromatic rings. The number of rotatable bonds is 14. The molecule has 0 aliphatic carbocycles. The van der Waals surface area contributed by atoms with E-state index in [0.717, 1.165) is 49.7 Å². The molecule has 10 nitrogen and oxygen atoms in total. The van der Waals surface area contributed by atoms with Crippen molar-refractivity contribution in [3.63, 3.8) is 0 Å². The summed E-state index contributed by atoms with van der Waals surface area (Å²) in [6.07, 6.45) is 15.3. The zero-order valence-electron chi connectivity index (χ0n) is 45.3. The SMILES string of the molecule is CC(C)(C)CC(C)(C)Nc1nc(C2CC(C)(C)NC(C)(C)C2)nc(C2CC(C)(C)NC(C)(C)C2)n1.CC1(C)CC(NCCCCCCNC2CC(C)(C)NC(C)(C)C2)CC(C)(C)N1. The summed E-state index contributed by atoms with van der Waals surface area (Å²) >= 11 is 0. The monoisotopic (exact) mass is 881 g/mol. The minimum atomic E-state index is -0.118. The quantitative estimate of drug-likeness (QED) is 0.0909. The second-order valence-electron chi connectivity index (χ2n) is 28.4. The van der Waals surface area contributed by atoms with Crippen LogP contribution in [0.5, 0.6) is 0 Å². The summed E-state index contributed by atoms with van der Waals surface area (Å²) in [4.78, 5) is 15.4. The Balaban J connectivity index is 0.000000284. The summed E-state index contributed by atoms with van der Waals surface area (Å²) in [5.41, 5.74) is 1.20. The molecule has 0 radical (unpaired) electrons. The van der Waals surface area contributed by atoms with Gasteiger partial charge in [0, 0.05) is 73.8 Å². The van der Waals surface area contributed by atoms with Crippen molar-refractivity contribution in [1.82, 2.24) is 46.9 Å². The lowest BCUT2D eigenvalue weighted by Crippen LogP contribution is -2.61. The van der Waals surface area contributed by atoms with E-state index in [9.17, 15) is 0 Å². The first-order valence-electron chi connectivity index (χ1n) is 25.5. The normalized spacial score (nSPS) is 25.8. The van der Waals surface area contributed by atoms with Crippen molar-refractivity contribution in [3.8, 4) is 0 Å². The van der Waals surface area contributed by atoms with Crippen molar-refractivity contribution in [3.05, 3.63) is 11.6 Å². The minimum Gasteiger partial charge on any atom is -0.349 e. The molecule has 0 amide bonds. The maximum absolute atomic E-state index is 5.23. The number of hydrogen-bond acceptors (Lipinski definition) is 10. The van der Waals surface area contributed by atoms with Crippen LogP contribution >= 0.6 is 0 Å². The highest BCUT2D eigenvalue weighted by atomic mass is 15.2. The molecule has 10 heteroatoms. The molecule has 0 saturated carbocycles. The van der Waals surface area contributed by atoms with Gasteiger partial charge in [-0.3, -0.25) is 0 Å². The Morgan fingerprint density at radius 3 is 1.00 bits per heavy atom. The smallest absolute Gasteiger partial charge is 0.226 e. The fraction of sp³-hybridized carbons (Fsp3) is 0.943. The van der Waals surface area contributed by atoms with Gasteiger partial charge in [-0.15, -0.1) is 0 Å². The molecule has 1 aromatic heterocycles. The highest BCUT2D eigenvalue weighted by Crippen LogP contribution is 2.42. The van der Waals surface area contributed by atoms with Gasteiger partial charge in [-0.2, -0.15) is 9.97 Å². The van der Waals surface area contributed by atoms with Crippen molar-refractivity contribution in [2.45, 2.75) is 303 Å². The minimum absolute atomic E-state index is 0.0387. The van der Waals surface area contributed by atoms with Crippen LogP contribution in [0.1, 0.15) is 252 Å². The molecule has 7 N–H and O–H groups in total. The van der Waals surface area contributed by atoms with Crippen molar-refractivity contribution in [2.24, 2.45) is 5.41 Å². The first-order chi connectivity index (χ1) is 28.3. The van der Waals surface area contributed by atoms with Crippen LogP contribution in [-0.2, 0) is 0 Å². The summed E-state index contributed by atoms with van der Waals surface area (Å²) in [6, 6.07) is 1.30. The average molecular weight is 881 g/mol. The Morgan fingerprint density at radius 2 is 0.714 bits per heavy atom. The van der Waals surface area contributed by atoms with Crippen molar-refractivity contribution in [2.75, 3.05) is 18.4 Å². The molecule has 0 aromatic carbocycles. The maximum Gasteiger partial charge on any atom is 0.226 e. The largest absolute Gasteiger partial charge is 0.349 e. The number of aromatic nitrogens is 3. The molecule has 4 fully saturated rings. The van der Waals surface area contributed by atoms with Gasteiger partial charge >= 0.3 is 0 Å². The van der Waals surface area contributed by atoms with E-state index in [1.807, 2.05) is 0 Å². The van der Waals surface area contributed by atoms with Crippen LogP contribution in [0.15, 0.2) is 0 Å². The molecule has 0 atom stereocenters. The van der Waals surface area contributed by atoms with E-state index >= 15 is 0 Å². The Labute approximate surface area is 389 Å². The third-order valence-corrected chi connectivity index (χ3v) is 13.6. The van der Waals surface area contributed by atoms with E-state index in [4.69, 9.17) is 15.0 Å². The van der Waals surface area contributed by atoms with E-state index in [0.29, 0.717) is 23.9 Å². The van der Waals surface area contributed by atoms with Gasteiger partial charge in [-0.05, 0) is 214 Å². The Hall–Kier alpha value is -1.43. The zero-order chi connectivity index (χ0) is 47.7. The molecular formula is C53H104N10. The summed E-state index contributed by atoms with van der Waals surface area (Å²) in [7, 11) is 0. The molecule has 4 aliphatic heterocycles. The highest BCUT2D eigenvalue weighted by molar-refractivity contribution is 5.31. The lowest BCUT2D eigenvalue weighted by atomic mass is 9.75. The molecule has 0 spiro atoms. The zero-order valence-corrected chi connectivity index (χ0v) is 45.3. The second kappa shape index (κ2) is 19.7. The Bertz CT molecular complexity index is 1450. The van der Waals surface area contributed by atoms with Crippen LogP contribution < -0.4 is 37.2 Å². The molecule has 4 saturated heterocycles. The number of anilines is 1. The first kappa shape index (κ1) is 54.2. The predicted molar refractivity (Wildman–Crippen MR) is 271 cm³/mol. The third kappa shape index (κ3) is 19.0. The van der Waals surface area contributed by atoms with Gasteiger partial charge in [-0.1, -0.05) is 33.6 Å². The molecule has 0 bridgehead atoms. The fourth-order valence-electron chi connectivity index (χ4n) is 13.7. The highest BCUT2D eigenvalue weighted by Gasteiger charge is 2.43. The van der Waals surface area contributed by atoms with Gasteiger partial charge in [0.15, 0.2) is 0 Å². The maximum atomic E-state index is 5.23. The fourth-order valence-corrected chi connectivity index (χ4v) is 13.7. The summed E-state index contributed by atoms with van der Waals surface area (Å²) in [6.45, 7) is 50.8. The van der Waals surface area contributed by atoms with Crippen LogP contribution in [-0.4, -0.2) is 90.0 Å². The number of nitrogens with zero attached hydrogens (tertiary/aromatic N) is 3. The van der Waals surface area contributed by atoms with E-state index in [1.165, 1.54) is 64.5 Å². The van der Waals surface area contributed by atoms with Gasteiger partial charge in [-0.25, -0.2) is 4.98 Å². The van der Waals surface area contributed by atoms with Gasteiger partial charge in [0.05, 0.1) is 0 Å². The van der Waals surface area contributed by atoms with E-state index in [2.05, 4.69) is 183 Å². The molecule has 5 rings (SSSR count). The average Bonchev–Trinajstić information content (AvgIpc) is 2.99. The van der Waals surface area contributed by atoms with Gasteiger partial charge in [0.1, 0.15) is 11.6 Å². The number of piperidine rings is 4. The first-order valence-corrected chi connectivity index (χ1v) is 25.5. The topological polar surface area (TPSA) is 123 Å². The summed E-state index contributed by atoms with van der Waals surface area (Å²) in [5, 5.41) is 26.6. The van der Waals surface area contributed by atoms with Crippen LogP contribution in [0.2, 0.25) is 0 Å². The van der Waals surface area contributed by atoms with Crippen LogP contribution in [0.4, 0.5) is 5.95 Å². The Morgan fingerprint density at radius 1 is 0.429 bits per heavy atom. The van der Waals surface area contributed by atoms with Crippen LogP contribution in [0.3, 0.4) is 0 Å². The summed E-state index contributed by atoms with van der Waals surface area (Å²) < 4.78 is 0. The number of nitrogens with one attached hydrogen (secondary N) is 7. The second-order valence-corrected chi connectivity index (χ2v) is 28.4. The molecular weight excluding hydrogens is 777 g/mol. The van der Waals surface area contributed by atoms with E-state index in [-0.39, 0.29) is 55.3 Å². The lowest BCUT2D eigenvalue weighted by Gasteiger charge is -2.47. The van der Waals surface area contributed by atoms with E-state index < -0.39 is 0 Å². The molecule has 366 valence electrons. The van der Waals surface area contributed by atoms with Gasteiger partial charge in [0.25, 0.3) is 0 Å². The number of unbranched alkanes of at least 4 members (excludes halogenated alkanes) is 3. The third-order valence-electron chi connectivity index (χ3n) is 13.6. The molecule has 4 aliphatic rings. The van der Waals surface area contributed by atoms with Crippen LogP contribution in [0, 0.1) is 5.41 Å². The molecule has 0 unspecified atom stereocenters. The predicted octanol–water partition coefficient (Wildman–Crippen LogP) is 10.9. The lowest BCUT2D eigenvalue weighted by molar-refractivity contribution is 0.145. The molecule has 63 heavy (non-hydrogen) atoms. The molecule has 5 heterocycles. The standard InChI is InChI=1S/C29H54N6.C24H50N4/c1-24(2,3)18-29(12,13)33-23-31-21(19-14-25(4,5)34-26(6,7)15-19)30-22(32-23)20-16-27(8,9)35-28(10,11)17-20;1-21(2)15-19(16-22(3,4)27-21)25-13-11-9-10-12-14-26-20-17-23(5,6)28-24(7,8)18-20/h19-20,34-35H,14-18H2,1-13H3,(H,30,31,32,33);19-20,25-28H,9-18H2,1-8H3. The van der Waals surface area contributed by atoms with E-state index in [1.54, 1.807) is 0 Å². The Kier molecular flexibility index (Phi) is 16.9.